The second-order valence-corrected chi connectivity index (χ2v) is 3.41. The largest absolute Gasteiger partial charge is 0.287 e. The molecule has 0 bridgehead atoms. The average Bonchev–Trinajstić information content (AvgIpc) is 2.84. The van der Waals surface area contributed by atoms with Crippen LogP contribution in [-0.2, 0) is 7.05 Å². The molecule has 0 atom stereocenters. The van der Waals surface area contributed by atoms with Crippen molar-refractivity contribution in [2.45, 2.75) is 6.92 Å². The minimum atomic E-state index is -0.209. The summed E-state index contributed by atoms with van der Waals surface area (Å²) in [5, 5.41) is 18.9. The zero-order valence-electron chi connectivity index (χ0n) is 8.85. The number of aryl methyl sites for hydroxylation is 2. The molecule has 0 aliphatic heterocycles. The van der Waals surface area contributed by atoms with E-state index in [1.807, 2.05) is 6.07 Å². The molecule has 0 radical (unpaired) electrons. The number of ketones is 1. The number of hydrogen-bond donors (Lipinski definition) is 1. The van der Waals surface area contributed by atoms with Gasteiger partial charge in [-0.1, -0.05) is 0 Å². The number of nitrogens with one attached hydrogen (secondary N) is 1. The van der Waals surface area contributed by atoms with Crippen LogP contribution in [0.2, 0.25) is 0 Å². The summed E-state index contributed by atoms with van der Waals surface area (Å²) in [5.74, 6) is -0.209. The van der Waals surface area contributed by atoms with Crippen molar-refractivity contribution in [2.75, 3.05) is 0 Å². The minimum absolute atomic E-state index is 0.199. The lowest BCUT2D eigenvalue weighted by molar-refractivity contribution is 0.103. The molecular weight excluding hydrogens is 206 g/mol. The summed E-state index contributed by atoms with van der Waals surface area (Å²) in [6, 6.07) is 3.28. The van der Waals surface area contributed by atoms with Crippen LogP contribution < -0.4 is 0 Å². The summed E-state index contributed by atoms with van der Waals surface area (Å²) < 4.78 is 1.57. The summed E-state index contributed by atoms with van der Waals surface area (Å²) >= 11 is 0. The standard InChI is InChI=1S/C10H9N5O/c1-6-8(5-15(2)14-6)10(16)9-3-7(4-11)12-13-9/h3,5H,1-2H3,(H,12,13). The van der Waals surface area contributed by atoms with E-state index in [1.54, 1.807) is 24.9 Å². The lowest BCUT2D eigenvalue weighted by Gasteiger charge is -1.93. The molecule has 6 heteroatoms. The first-order chi connectivity index (χ1) is 7.61. The average molecular weight is 215 g/mol. The predicted molar refractivity (Wildman–Crippen MR) is 54.7 cm³/mol. The number of aromatic nitrogens is 4. The van der Waals surface area contributed by atoms with Crippen molar-refractivity contribution in [1.29, 1.82) is 5.26 Å². The molecule has 0 fully saturated rings. The summed E-state index contributed by atoms with van der Waals surface area (Å²) in [4.78, 5) is 12.0. The van der Waals surface area contributed by atoms with Gasteiger partial charge in [0.25, 0.3) is 0 Å². The molecule has 0 spiro atoms. The van der Waals surface area contributed by atoms with Gasteiger partial charge in [-0.2, -0.15) is 15.5 Å². The van der Waals surface area contributed by atoms with Crippen molar-refractivity contribution in [3.8, 4) is 6.07 Å². The highest BCUT2D eigenvalue weighted by Gasteiger charge is 2.16. The smallest absolute Gasteiger partial charge is 0.214 e. The molecule has 6 nitrogen and oxygen atoms in total. The lowest BCUT2D eigenvalue weighted by Crippen LogP contribution is -2.02. The maximum absolute atomic E-state index is 12.0. The second kappa shape index (κ2) is 3.62. The van der Waals surface area contributed by atoms with E-state index in [4.69, 9.17) is 5.26 Å². The molecule has 0 aliphatic carbocycles. The molecule has 2 heterocycles. The van der Waals surface area contributed by atoms with E-state index in [9.17, 15) is 4.79 Å². The van der Waals surface area contributed by atoms with E-state index >= 15 is 0 Å². The first kappa shape index (κ1) is 10.1. The monoisotopic (exact) mass is 215 g/mol. The van der Waals surface area contributed by atoms with Crippen molar-refractivity contribution in [3.05, 3.63) is 34.9 Å². The minimum Gasteiger partial charge on any atom is -0.287 e. The highest BCUT2D eigenvalue weighted by molar-refractivity contribution is 6.08. The normalized spacial score (nSPS) is 10.1. The molecule has 2 aromatic rings. The Morgan fingerprint density at radius 1 is 1.62 bits per heavy atom. The summed E-state index contributed by atoms with van der Waals surface area (Å²) in [5.41, 5.74) is 1.66. The number of carbonyl (C=O) groups is 1. The van der Waals surface area contributed by atoms with Gasteiger partial charge >= 0.3 is 0 Å². The summed E-state index contributed by atoms with van der Waals surface area (Å²) in [6.45, 7) is 1.76. The molecule has 80 valence electrons. The number of nitrogens with zero attached hydrogens (tertiary/aromatic N) is 4. The van der Waals surface area contributed by atoms with Gasteiger partial charge in [0.1, 0.15) is 11.8 Å². The van der Waals surface area contributed by atoms with Gasteiger partial charge in [-0.05, 0) is 6.92 Å². The number of rotatable bonds is 2. The Labute approximate surface area is 91.5 Å². The molecule has 0 saturated heterocycles. The highest BCUT2D eigenvalue weighted by atomic mass is 16.1. The van der Waals surface area contributed by atoms with Crippen LogP contribution in [0.25, 0.3) is 0 Å². The predicted octanol–water partition coefficient (Wildman–Crippen LogP) is 0.554. The SMILES string of the molecule is Cc1nn(C)cc1C(=O)c1cc(C#N)n[nH]1. The fraction of sp³-hybridized carbons (Fsp3) is 0.200. The van der Waals surface area contributed by atoms with E-state index < -0.39 is 0 Å². The van der Waals surface area contributed by atoms with Crippen molar-refractivity contribution in [3.63, 3.8) is 0 Å². The molecule has 0 amide bonds. The second-order valence-electron chi connectivity index (χ2n) is 3.41. The van der Waals surface area contributed by atoms with Gasteiger partial charge in [-0.15, -0.1) is 0 Å². The van der Waals surface area contributed by atoms with Gasteiger partial charge in [0.05, 0.1) is 11.3 Å². The Morgan fingerprint density at radius 3 is 2.88 bits per heavy atom. The van der Waals surface area contributed by atoms with Crippen molar-refractivity contribution < 1.29 is 4.79 Å². The molecule has 16 heavy (non-hydrogen) atoms. The van der Waals surface area contributed by atoms with Crippen LogP contribution in [-0.4, -0.2) is 25.8 Å². The Balaban J connectivity index is 2.39. The Morgan fingerprint density at radius 2 is 2.38 bits per heavy atom. The van der Waals surface area contributed by atoms with Crippen molar-refractivity contribution in [1.82, 2.24) is 20.0 Å². The maximum Gasteiger partial charge on any atom is 0.214 e. The third kappa shape index (κ3) is 1.59. The van der Waals surface area contributed by atoms with Crippen molar-refractivity contribution in [2.24, 2.45) is 7.05 Å². The maximum atomic E-state index is 12.0. The first-order valence-corrected chi connectivity index (χ1v) is 4.62. The topological polar surface area (TPSA) is 87.4 Å². The quantitative estimate of drug-likeness (QED) is 0.741. The lowest BCUT2D eigenvalue weighted by atomic mass is 10.1. The Bertz CT molecular complexity index is 587. The molecule has 0 aromatic carbocycles. The van der Waals surface area contributed by atoms with Gasteiger partial charge < -0.3 is 0 Å². The first-order valence-electron chi connectivity index (χ1n) is 4.62. The highest BCUT2D eigenvalue weighted by Crippen LogP contribution is 2.11. The van der Waals surface area contributed by atoms with Gasteiger partial charge in [0.2, 0.25) is 5.78 Å². The van der Waals surface area contributed by atoms with Crippen LogP contribution in [0, 0.1) is 18.3 Å². The summed E-state index contributed by atoms with van der Waals surface area (Å²) in [7, 11) is 1.75. The fourth-order valence-electron chi connectivity index (χ4n) is 1.46. The number of nitriles is 1. The zero-order valence-corrected chi connectivity index (χ0v) is 8.85. The number of H-pyrrole nitrogens is 1. The molecule has 2 aromatic heterocycles. The molecule has 2 rings (SSSR count). The molecule has 0 unspecified atom stereocenters. The van der Waals surface area contributed by atoms with Crippen LogP contribution >= 0.6 is 0 Å². The van der Waals surface area contributed by atoms with Gasteiger partial charge in [0.15, 0.2) is 5.69 Å². The Kier molecular flexibility index (Phi) is 2.29. The fourth-order valence-corrected chi connectivity index (χ4v) is 1.46. The summed E-state index contributed by atoms with van der Waals surface area (Å²) in [6.07, 6.45) is 1.64. The third-order valence-electron chi connectivity index (χ3n) is 2.20. The van der Waals surface area contributed by atoms with Crippen LogP contribution in [0.3, 0.4) is 0 Å². The molecular formula is C10H9N5O. The van der Waals surface area contributed by atoms with E-state index in [1.165, 1.54) is 6.07 Å². The van der Waals surface area contributed by atoms with Gasteiger partial charge in [0, 0.05) is 19.3 Å². The number of hydrogen-bond acceptors (Lipinski definition) is 4. The Hall–Kier alpha value is -2.42. The van der Waals surface area contributed by atoms with Gasteiger partial charge in [-0.3, -0.25) is 14.6 Å². The van der Waals surface area contributed by atoms with Gasteiger partial charge in [-0.25, -0.2) is 0 Å². The number of carbonyl (C=O) groups excluding carboxylic acids is 1. The molecule has 0 aliphatic rings. The van der Waals surface area contributed by atoms with E-state index in [2.05, 4.69) is 15.3 Å². The van der Waals surface area contributed by atoms with Crippen LogP contribution in [0.1, 0.15) is 27.4 Å². The van der Waals surface area contributed by atoms with E-state index in [0.29, 0.717) is 17.0 Å². The van der Waals surface area contributed by atoms with E-state index in [-0.39, 0.29) is 11.5 Å². The molecule has 1 N–H and O–H groups in total. The third-order valence-corrected chi connectivity index (χ3v) is 2.20. The van der Waals surface area contributed by atoms with E-state index in [0.717, 1.165) is 0 Å². The molecule has 0 saturated carbocycles. The number of aromatic amines is 1. The van der Waals surface area contributed by atoms with Crippen LogP contribution in [0.5, 0.6) is 0 Å². The zero-order chi connectivity index (χ0) is 11.7. The van der Waals surface area contributed by atoms with Crippen LogP contribution in [0.4, 0.5) is 0 Å². The van der Waals surface area contributed by atoms with Crippen LogP contribution in [0.15, 0.2) is 12.3 Å². The van der Waals surface area contributed by atoms with Crippen molar-refractivity contribution >= 4 is 5.78 Å².